The Bertz CT molecular complexity index is 161. The average molecular weight is 230 g/mol. The van der Waals surface area contributed by atoms with Gasteiger partial charge in [-0.1, -0.05) is 6.92 Å². The highest BCUT2D eigenvalue weighted by atomic mass is 16.5. The first-order valence-corrected chi connectivity index (χ1v) is 6.48. The maximum Gasteiger partial charge on any atom is 0.0704 e. The van der Waals surface area contributed by atoms with Crippen LogP contribution in [-0.2, 0) is 9.47 Å². The van der Waals surface area contributed by atoms with Crippen molar-refractivity contribution in [2.45, 2.75) is 32.3 Å². The molecule has 0 bridgehead atoms. The lowest BCUT2D eigenvalue weighted by Crippen LogP contribution is -2.32. The van der Waals surface area contributed by atoms with Gasteiger partial charge in [0.05, 0.1) is 25.9 Å². The predicted molar refractivity (Wildman–Crippen MR) is 65.6 cm³/mol. The Balaban J connectivity index is 2.01. The largest absolute Gasteiger partial charge is 0.378 e. The first-order valence-electron chi connectivity index (χ1n) is 6.48. The molecule has 0 saturated carbocycles. The van der Waals surface area contributed by atoms with Gasteiger partial charge in [0, 0.05) is 13.1 Å². The van der Waals surface area contributed by atoms with E-state index in [1.54, 1.807) is 0 Å². The van der Waals surface area contributed by atoms with E-state index in [1.807, 2.05) is 0 Å². The van der Waals surface area contributed by atoms with Crippen molar-refractivity contribution in [3.05, 3.63) is 0 Å². The SMILES string of the molecule is CCC(CN1CCCC1)OCCOCCN. The van der Waals surface area contributed by atoms with E-state index in [-0.39, 0.29) is 0 Å². The summed E-state index contributed by atoms with van der Waals surface area (Å²) in [5.74, 6) is 0. The van der Waals surface area contributed by atoms with Crippen LogP contribution in [0.15, 0.2) is 0 Å². The minimum absolute atomic E-state index is 0.361. The van der Waals surface area contributed by atoms with Gasteiger partial charge in [0.2, 0.25) is 0 Å². The number of hydrogen-bond acceptors (Lipinski definition) is 4. The standard InChI is InChI=1S/C12H26N2O2/c1-2-12(11-14-6-3-4-7-14)16-10-9-15-8-5-13/h12H,2-11,13H2,1H3. The fourth-order valence-electron chi connectivity index (χ4n) is 2.01. The number of ether oxygens (including phenoxy) is 2. The van der Waals surface area contributed by atoms with Crippen molar-refractivity contribution in [1.82, 2.24) is 4.90 Å². The van der Waals surface area contributed by atoms with Crippen LogP contribution in [-0.4, -0.2) is 57.0 Å². The molecule has 0 amide bonds. The van der Waals surface area contributed by atoms with Crippen LogP contribution in [0.3, 0.4) is 0 Å². The molecule has 0 spiro atoms. The Morgan fingerprint density at radius 1 is 1.19 bits per heavy atom. The average Bonchev–Trinajstić information content (AvgIpc) is 2.80. The van der Waals surface area contributed by atoms with Crippen LogP contribution >= 0.6 is 0 Å². The Morgan fingerprint density at radius 2 is 1.94 bits per heavy atom. The molecule has 0 aliphatic carbocycles. The summed E-state index contributed by atoms with van der Waals surface area (Å²) < 4.78 is 11.1. The number of nitrogens with two attached hydrogens (primary N) is 1. The van der Waals surface area contributed by atoms with E-state index < -0.39 is 0 Å². The predicted octanol–water partition coefficient (Wildman–Crippen LogP) is 0.853. The van der Waals surface area contributed by atoms with Crippen molar-refractivity contribution < 1.29 is 9.47 Å². The van der Waals surface area contributed by atoms with Gasteiger partial charge in [0.15, 0.2) is 0 Å². The quantitative estimate of drug-likeness (QED) is 0.597. The summed E-state index contributed by atoms with van der Waals surface area (Å²) >= 11 is 0. The zero-order valence-electron chi connectivity index (χ0n) is 10.5. The highest BCUT2D eigenvalue weighted by Gasteiger charge is 2.16. The van der Waals surface area contributed by atoms with Gasteiger partial charge >= 0.3 is 0 Å². The lowest BCUT2D eigenvalue weighted by molar-refractivity contribution is -0.00758. The Morgan fingerprint density at radius 3 is 2.56 bits per heavy atom. The monoisotopic (exact) mass is 230 g/mol. The van der Waals surface area contributed by atoms with Gasteiger partial charge in [0.25, 0.3) is 0 Å². The second kappa shape index (κ2) is 8.93. The Labute approximate surface area is 99.1 Å². The second-order valence-electron chi connectivity index (χ2n) is 4.31. The van der Waals surface area contributed by atoms with Crippen LogP contribution < -0.4 is 5.73 Å². The second-order valence-corrected chi connectivity index (χ2v) is 4.31. The number of nitrogens with zero attached hydrogens (tertiary/aromatic N) is 1. The minimum atomic E-state index is 0.361. The number of likely N-dealkylation sites (tertiary alicyclic amines) is 1. The molecule has 1 unspecified atom stereocenters. The lowest BCUT2D eigenvalue weighted by atomic mass is 10.2. The maximum atomic E-state index is 5.79. The third kappa shape index (κ3) is 5.80. The molecule has 0 aromatic heterocycles. The van der Waals surface area contributed by atoms with E-state index in [0.717, 1.165) is 13.0 Å². The van der Waals surface area contributed by atoms with Crippen molar-refractivity contribution in [3.63, 3.8) is 0 Å². The summed E-state index contributed by atoms with van der Waals surface area (Å²) in [6.45, 7) is 8.30. The first kappa shape index (κ1) is 13.9. The molecule has 96 valence electrons. The summed E-state index contributed by atoms with van der Waals surface area (Å²) in [5, 5.41) is 0. The number of hydrogen-bond donors (Lipinski definition) is 1. The summed E-state index contributed by atoms with van der Waals surface area (Å²) in [5.41, 5.74) is 5.33. The fourth-order valence-corrected chi connectivity index (χ4v) is 2.01. The highest BCUT2D eigenvalue weighted by molar-refractivity contribution is 4.70. The van der Waals surface area contributed by atoms with E-state index in [9.17, 15) is 0 Å². The van der Waals surface area contributed by atoms with Gasteiger partial charge in [-0.25, -0.2) is 0 Å². The molecule has 1 heterocycles. The first-order chi connectivity index (χ1) is 7.86. The molecule has 1 saturated heterocycles. The molecule has 1 aliphatic heterocycles. The molecular formula is C12H26N2O2. The molecule has 16 heavy (non-hydrogen) atoms. The molecule has 1 atom stereocenters. The summed E-state index contributed by atoms with van der Waals surface area (Å²) in [6.07, 6.45) is 4.12. The normalized spacial score (nSPS) is 19.1. The highest BCUT2D eigenvalue weighted by Crippen LogP contribution is 2.10. The van der Waals surface area contributed by atoms with Gasteiger partial charge in [0.1, 0.15) is 0 Å². The van der Waals surface area contributed by atoms with Crippen LogP contribution in [0.2, 0.25) is 0 Å². The van der Waals surface area contributed by atoms with E-state index in [1.165, 1.54) is 25.9 Å². The third-order valence-electron chi connectivity index (χ3n) is 2.96. The molecule has 1 aliphatic rings. The van der Waals surface area contributed by atoms with Crippen LogP contribution in [0.1, 0.15) is 26.2 Å². The molecular weight excluding hydrogens is 204 g/mol. The zero-order chi connectivity index (χ0) is 11.6. The van der Waals surface area contributed by atoms with E-state index >= 15 is 0 Å². The van der Waals surface area contributed by atoms with E-state index in [2.05, 4.69) is 11.8 Å². The minimum Gasteiger partial charge on any atom is -0.378 e. The summed E-state index contributed by atoms with van der Waals surface area (Å²) in [4.78, 5) is 2.49. The van der Waals surface area contributed by atoms with Crippen LogP contribution in [0, 0.1) is 0 Å². The molecule has 1 fully saturated rings. The fraction of sp³-hybridized carbons (Fsp3) is 1.00. The van der Waals surface area contributed by atoms with Gasteiger partial charge < -0.3 is 20.1 Å². The van der Waals surface area contributed by atoms with Crippen molar-refractivity contribution in [3.8, 4) is 0 Å². The van der Waals surface area contributed by atoms with Crippen LogP contribution in [0.5, 0.6) is 0 Å². The molecule has 2 N–H and O–H groups in total. The van der Waals surface area contributed by atoms with Crippen LogP contribution in [0.25, 0.3) is 0 Å². The van der Waals surface area contributed by atoms with E-state index in [4.69, 9.17) is 15.2 Å². The number of rotatable bonds is 9. The van der Waals surface area contributed by atoms with Crippen molar-refractivity contribution in [1.29, 1.82) is 0 Å². The topological polar surface area (TPSA) is 47.7 Å². The summed E-state index contributed by atoms with van der Waals surface area (Å²) in [7, 11) is 0. The molecule has 4 heteroatoms. The molecule has 0 aromatic rings. The van der Waals surface area contributed by atoms with Gasteiger partial charge in [-0.05, 0) is 32.4 Å². The summed E-state index contributed by atoms with van der Waals surface area (Å²) in [6, 6.07) is 0. The van der Waals surface area contributed by atoms with Crippen molar-refractivity contribution >= 4 is 0 Å². The smallest absolute Gasteiger partial charge is 0.0704 e. The Hall–Kier alpha value is -0.160. The lowest BCUT2D eigenvalue weighted by Gasteiger charge is -2.22. The van der Waals surface area contributed by atoms with Crippen molar-refractivity contribution in [2.24, 2.45) is 5.73 Å². The van der Waals surface area contributed by atoms with Gasteiger partial charge in [-0.2, -0.15) is 0 Å². The molecule has 0 radical (unpaired) electrons. The Kier molecular flexibility index (Phi) is 7.76. The van der Waals surface area contributed by atoms with Gasteiger partial charge in [-0.15, -0.1) is 0 Å². The van der Waals surface area contributed by atoms with Crippen molar-refractivity contribution in [2.75, 3.05) is 46.0 Å². The molecule has 4 nitrogen and oxygen atoms in total. The zero-order valence-corrected chi connectivity index (χ0v) is 10.5. The van der Waals surface area contributed by atoms with Crippen LogP contribution in [0.4, 0.5) is 0 Å². The van der Waals surface area contributed by atoms with Gasteiger partial charge in [-0.3, -0.25) is 0 Å². The molecule has 0 aromatic carbocycles. The molecule has 1 rings (SSSR count). The third-order valence-corrected chi connectivity index (χ3v) is 2.96. The van der Waals surface area contributed by atoms with E-state index in [0.29, 0.717) is 32.5 Å². The maximum absolute atomic E-state index is 5.79.